The summed E-state index contributed by atoms with van der Waals surface area (Å²) < 4.78 is 20.5. The molecule has 1 aromatic heterocycles. The second-order valence-corrected chi connectivity index (χ2v) is 7.17. The normalized spacial score (nSPS) is 24.1. The second kappa shape index (κ2) is 6.58. The number of rotatable bonds is 4. The molecule has 6 heteroatoms. The van der Waals surface area contributed by atoms with E-state index >= 15 is 4.39 Å². The van der Waals surface area contributed by atoms with Crippen LogP contribution in [0.15, 0.2) is 34.9 Å². The Kier molecular flexibility index (Phi) is 4.27. The summed E-state index contributed by atoms with van der Waals surface area (Å²) in [5.41, 5.74) is -0.959. The molecule has 1 aliphatic carbocycles. The smallest absolute Gasteiger partial charge is 0.258 e. The van der Waals surface area contributed by atoms with Crippen molar-refractivity contribution in [2.24, 2.45) is 5.92 Å². The van der Waals surface area contributed by atoms with Crippen molar-refractivity contribution in [1.29, 1.82) is 0 Å². The summed E-state index contributed by atoms with van der Waals surface area (Å²) >= 11 is 0. The van der Waals surface area contributed by atoms with Gasteiger partial charge in [-0.1, -0.05) is 36.2 Å². The van der Waals surface area contributed by atoms with Crippen molar-refractivity contribution in [2.75, 3.05) is 13.1 Å². The molecule has 1 atom stereocenters. The van der Waals surface area contributed by atoms with Crippen molar-refractivity contribution in [2.45, 2.75) is 44.2 Å². The summed E-state index contributed by atoms with van der Waals surface area (Å²) in [5, 5.41) is 3.84. The summed E-state index contributed by atoms with van der Waals surface area (Å²) in [6.07, 6.45) is 5.40. The first-order valence-corrected chi connectivity index (χ1v) is 9.00. The third-order valence-electron chi connectivity index (χ3n) is 5.36. The lowest BCUT2D eigenvalue weighted by Crippen LogP contribution is -2.33. The van der Waals surface area contributed by atoms with E-state index in [4.69, 9.17) is 4.52 Å². The molecule has 0 spiro atoms. The van der Waals surface area contributed by atoms with E-state index in [0.717, 1.165) is 18.4 Å². The third kappa shape index (κ3) is 3.30. The molecule has 4 rings (SSSR count). The molecule has 2 heterocycles. The first-order valence-electron chi connectivity index (χ1n) is 9.00. The highest BCUT2D eigenvalue weighted by atomic mass is 19.1. The van der Waals surface area contributed by atoms with Crippen LogP contribution in [0, 0.1) is 5.92 Å². The van der Waals surface area contributed by atoms with Gasteiger partial charge in [0, 0.05) is 24.9 Å². The van der Waals surface area contributed by atoms with Crippen molar-refractivity contribution < 1.29 is 13.7 Å². The van der Waals surface area contributed by atoms with Crippen molar-refractivity contribution >= 4 is 5.91 Å². The largest absolute Gasteiger partial charge is 0.339 e. The van der Waals surface area contributed by atoms with Gasteiger partial charge in [0.2, 0.25) is 11.7 Å². The molecule has 2 aliphatic rings. The Bertz CT molecular complexity index is 742. The molecule has 1 unspecified atom stereocenters. The summed E-state index contributed by atoms with van der Waals surface area (Å²) in [6.45, 7) is 0.434. The topological polar surface area (TPSA) is 59.2 Å². The zero-order valence-corrected chi connectivity index (χ0v) is 14.2. The zero-order chi connectivity index (χ0) is 17.3. The molecule has 1 amide bonds. The van der Waals surface area contributed by atoms with Crippen molar-refractivity contribution in [3.8, 4) is 11.5 Å². The van der Waals surface area contributed by atoms with Gasteiger partial charge in [0.1, 0.15) is 0 Å². The van der Waals surface area contributed by atoms with Gasteiger partial charge in [0.05, 0.1) is 6.54 Å². The number of halogens is 1. The maximum atomic E-state index is 15.3. The predicted octanol–water partition coefficient (Wildman–Crippen LogP) is 3.71. The number of hydrogen-bond acceptors (Lipinski definition) is 4. The van der Waals surface area contributed by atoms with Crippen LogP contribution in [-0.4, -0.2) is 34.0 Å². The molecule has 1 saturated carbocycles. The monoisotopic (exact) mass is 343 g/mol. The maximum absolute atomic E-state index is 15.3. The highest BCUT2D eigenvalue weighted by Gasteiger charge is 2.45. The van der Waals surface area contributed by atoms with Gasteiger partial charge in [0.15, 0.2) is 5.67 Å². The fourth-order valence-corrected chi connectivity index (χ4v) is 3.86. The molecule has 25 heavy (non-hydrogen) atoms. The molecular formula is C19H22FN3O2. The average Bonchev–Trinajstić information content (AvgIpc) is 3.36. The van der Waals surface area contributed by atoms with E-state index in [0.29, 0.717) is 24.8 Å². The third-order valence-corrected chi connectivity index (χ3v) is 5.36. The number of benzene rings is 1. The minimum Gasteiger partial charge on any atom is -0.339 e. The second-order valence-electron chi connectivity index (χ2n) is 7.17. The number of alkyl halides is 1. The van der Waals surface area contributed by atoms with Crippen LogP contribution in [0.3, 0.4) is 0 Å². The molecule has 5 nitrogen and oxygen atoms in total. The first-order chi connectivity index (χ1) is 12.1. The minimum absolute atomic E-state index is 0.0202. The van der Waals surface area contributed by atoms with Crippen LogP contribution in [0.1, 0.15) is 44.3 Å². The lowest BCUT2D eigenvalue weighted by molar-refractivity contribution is -0.131. The minimum atomic E-state index is -1.72. The van der Waals surface area contributed by atoms with Crippen LogP contribution in [0.4, 0.5) is 4.39 Å². The summed E-state index contributed by atoms with van der Waals surface area (Å²) in [4.78, 5) is 18.3. The molecule has 2 fully saturated rings. The van der Waals surface area contributed by atoms with E-state index in [1.807, 2.05) is 30.3 Å². The van der Waals surface area contributed by atoms with Crippen LogP contribution in [0.5, 0.6) is 0 Å². The Hall–Kier alpha value is -2.24. The predicted molar refractivity (Wildman–Crippen MR) is 90.3 cm³/mol. The van der Waals surface area contributed by atoms with Gasteiger partial charge >= 0.3 is 0 Å². The quantitative estimate of drug-likeness (QED) is 0.849. The lowest BCUT2D eigenvalue weighted by Gasteiger charge is -2.20. The molecular weight excluding hydrogens is 321 g/mol. The van der Waals surface area contributed by atoms with E-state index in [1.165, 1.54) is 12.8 Å². The SMILES string of the molecule is O=C(CC1CCCC1)N1CCC(F)(c2noc(-c3ccccc3)n2)C1. The van der Waals surface area contributed by atoms with Crippen LogP contribution >= 0.6 is 0 Å². The molecule has 0 radical (unpaired) electrons. The van der Waals surface area contributed by atoms with Gasteiger partial charge in [0.25, 0.3) is 5.89 Å². The van der Waals surface area contributed by atoms with Gasteiger partial charge in [-0.2, -0.15) is 4.98 Å². The number of aromatic nitrogens is 2. The van der Waals surface area contributed by atoms with E-state index in [2.05, 4.69) is 10.1 Å². The van der Waals surface area contributed by atoms with Gasteiger partial charge in [-0.15, -0.1) is 0 Å². The number of amides is 1. The molecule has 2 aromatic rings. The number of nitrogens with zero attached hydrogens (tertiary/aromatic N) is 3. The first kappa shape index (κ1) is 16.2. The lowest BCUT2D eigenvalue weighted by atomic mass is 10.0. The van der Waals surface area contributed by atoms with Crippen LogP contribution < -0.4 is 0 Å². The Morgan fingerprint density at radius 1 is 1.28 bits per heavy atom. The van der Waals surface area contributed by atoms with E-state index < -0.39 is 5.67 Å². The molecule has 1 aliphatic heterocycles. The van der Waals surface area contributed by atoms with Gasteiger partial charge < -0.3 is 9.42 Å². The standard InChI is InChI=1S/C19H22FN3O2/c20-19(18-21-17(25-22-18)15-8-2-1-3-9-15)10-11-23(13-19)16(24)12-14-6-4-5-7-14/h1-3,8-9,14H,4-7,10-13H2. The molecule has 0 N–H and O–H groups in total. The van der Waals surface area contributed by atoms with Crippen LogP contribution in [0.25, 0.3) is 11.5 Å². The van der Waals surface area contributed by atoms with Crippen molar-refractivity contribution in [1.82, 2.24) is 15.0 Å². The van der Waals surface area contributed by atoms with E-state index in [1.54, 1.807) is 4.90 Å². The van der Waals surface area contributed by atoms with Gasteiger partial charge in [-0.3, -0.25) is 4.79 Å². The fraction of sp³-hybridized carbons (Fsp3) is 0.526. The van der Waals surface area contributed by atoms with Crippen LogP contribution in [-0.2, 0) is 10.5 Å². The molecule has 0 bridgehead atoms. The van der Waals surface area contributed by atoms with E-state index in [9.17, 15) is 4.79 Å². The summed E-state index contributed by atoms with van der Waals surface area (Å²) in [6, 6.07) is 9.30. The highest BCUT2D eigenvalue weighted by molar-refractivity contribution is 5.77. The molecule has 132 valence electrons. The highest BCUT2D eigenvalue weighted by Crippen LogP contribution is 2.36. The Morgan fingerprint density at radius 2 is 2.04 bits per heavy atom. The van der Waals surface area contributed by atoms with Crippen molar-refractivity contribution in [3.63, 3.8) is 0 Å². The van der Waals surface area contributed by atoms with Crippen molar-refractivity contribution in [3.05, 3.63) is 36.2 Å². The summed E-state index contributed by atoms with van der Waals surface area (Å²) in [5.74, 6) is 0.876. The molecule has 1 aromatic carbocycles. The average molecular weight is 343 g/mol. The van der Waals surface area contributed by atoms with E-state index in [-0.39, 0.29) is 24.7 Å². The maximum Gasteiger partial charge on any atom is 0.258 e. The zero-order valence-electron chi connectivity index (χ0n) is 14.2. The number of carbonyl (C=O) groups excluding carboxylic acids is 1. The number of hydrogen-bond donors (Lipinski definition) is 0. The van der Waals surface area contributed by atoms with Gasteiger partial charge in [-0.05, 0) is 30.9 Å². The molecule has 1 saturated heterocycles. The number of likely N-dealkylation sites (tertiary alicyclic amines) is 1. The summed E-state index contributed by atoms with van der Waals surface area (Å²) in [7, 11) is 0. The van der Waals surface area contributed by atoms with Gasteiger partial charge in [-0.25, -0.2) is 4.39 Å². The Labute approximate surface area is 146 Å². The fourth-order valence-electron chi connectivity index (χ4n) is 3.86. The Morgan fingerprint density at radius 3 is 2.80 bits per heavy atom. The number of carbonyl (C=O) groups is 1. The van der Waals surface area contributed by atoms with Crippen LogP contribution in [0.2, 0.25) is 0 Å². The Balaban J connectivity index is 1.44.